The second-order valence-electron chi connectivity index (χ2n) is 6.54. The zero-order valence-corrected chi connectivity index (χ0v) is 13.4. The summed E-state index contributed by atoms with van der Waals surface area (Å²) in [6.07, 6.45) is 15.6. The van der Waals surface area contributed by atoms with Crippen molar-refractivity contribution in [2.24, 2.45) is 5.73 Å². The molecule has 0 aromatic heterocycles. The van der Waals surface area contributed by atoms with Crippen LogP contribution < -0.4 is 11.1 Å². The van der Waals surface area contributed by atoms with E-state index in [0.717, 1.165) is 13.0 Å². The quantitative estimate of drug-likeness (QED) is 0.510. The minimum absolute atomic E-state index is 0.0704. The van der Waals surface area contributed by atoms with E-state index in [9.17, 15) is 5.11 Å². The lowest BCUT2D eigenvalue weighted by Gasteiger charge is -2.32. The van der Waals surface area contributed by atoms with Crippen molar-refractivity contribution in [3.63, 3.8) is 0 Å². The predicted octanol–water partition coefficient (Wildman–Crippen LogP) is 3.35. The van der Waals surface area contributed by atoms with E-state index in [1.807, 2.05) is 0 Å². The van der Waals surface area contributed by atoms with Crippen molar-refractivity contribution >= 4 is 0 Å². The summed E-state index contributed by atoms with van der Waals surface area (Å²) in [5.74, 6) is 0. The third kappa shape index (κ3) is 8.23. The topological polar surface area (TPSA) is 58.3 Å². The lowest BCUT2D eigenvalue weighted by Crippen LogP contribution is -2.53. The maximum atomic E-state index is 9.74. The number of rotatable bonds is 11. The van der Waals surface area contributed by atoms with Crippen LogP contribution in [0.3, 0.4) is 0 Å². The number of nitrogens with two attached hydrogens (primary N) is 1. The van der Waals surface area contributed by atoms with Gasteiger partial charge in [-0.3, -0.25) is 0 Å². The maximum absolute atomic E-state index is 9.74. The normalized spacial score (nSPS) is 26.9. The predicted molar refractivity (Wildman–Crippen MR) is 86.9 cm³/mol. The molecule has 1 rings (SSSR count). The van der Waals surface area contributed by atoms with Crippen LogP contribution in [0.2, 0.25) is 0 Å². The van der Waals surface area contributed by atoms with Crippen molar-refractivity contribution < 1.29 is 5.11 Å². The number of hydrogen-bond donors (Lipinski definition) is 3. The monoisotopic (exact) mass is 284 g/mol. The second kappa shape index (κ2) is 11.5. The van der Waals surface area contributed by atoms with Gasteiger partial charge in [-0.05, 0) is 12.8 Å². The molecule has 1 heterocycles. The fourth-order valence-electron chi connectivity index (χ4n) is 3.09. The number of hydrogen-bond acceptors (Lipinski definition) is 3. The van der Waals surface area contributed by atoms with E-state index in [-0.39, 0.29) is 12.1 Å². The minimum Gasteiger partial charge on any atom is -0.391 e. The first kappa shape index (κ1) is 17.9. The molecule has 0 spiro atoms. The van der Waals surface area contributed by atoms with Crippen molar-refractivity contribution in [1.82, 2.24) is 5.32 Å². The molecule has 0 aliphatic carbocycles. The third-order valence-corrected chi connectivity index (χ3v) is 4.57. The Morgan fingerprint density at radius 2 is 1.50 bits per heavy atom. The summed E-state index contributed by atoms with van der Waals surface area (Å²) in [7, 11) is 0. The number of piperidine rings is 1. The van der Waals surface area contributed by atoms with Gasteiger partial charge in [0.1, 0.15) is 0 Å². The van der Waals surface area contributed by atoms with Crippen molar-refractivity contribution in [2.45, 2.75) is 102 Å². The number of unbranched alkanes of at least 4 members (excludes halogenated alkanes) is 9. The van der Waals surface area contributed by atoms with E-state index in [0.29, 0.717) is 6.04 Å². The van der Waals surface area contributed by atoms with E-state index in [2.05, 4.69) is 12.2 Å². The second-order valence-corrected chi connectivity index (χ2v) is 6.54. The van der Waals surface area contributed by atoms with Crippen LogP contribution in [0.5, 0.6) is 0 Å². The lowest BCUT2D eigenvalue weighted by molar-refractivity contribution is 0.0936. The molecule has 0 radical (unpaired) electrons. The van der Waals surface area contributed by atoms with E-state index in [1.54, 1.807) is 0 Å². The molecular weight excluding hydrogens is 248 g/mol. The molecule has 3 nitrogen and oxygen atoms in total. The highest BCUT2D eigenvalue weighted by Crippen LogP contribution is 2.16. The third-order valence-electron chi connectivity index (χ3n) is 4.57. The average Bonchev–Trinajstić information content (AvgIpc) is 2.45. The Morgan fingerprint density at radius 1 is 0.950 bits per heavy atom. The molecule has 1 aliphatic heterocycles. The maximum Gasteiger partial charge on any atom is 0.0718 e. The van der Waals surface area contributed by atoms with Gasteiger partial charge in [-0.25, -0.2) is 0 Å². The first-order chi connectivity index (χ1) is 9.74. The fourth-order valence-corrected chi connectivity index (χ4v) is 3.09. The van der Waals surface area contributed by atoms with Gasteiger partial charge < -0.3 is 16.2 Å². The Bertz CT molecular complexity index is 223. The van der Waals surface area contributed by atoms with Gasteiger partial charge in [0.2, 0.25) is 0 Å². The molecule has 20 heavy (non-hydrogen) atoms. The van der Waals surface area contributed by atoms with E-state index >= 15 is 0 Å². The minimum atomic E-state index is -0.302. The standard InChI is InChI=1S/C17H36N2O/c1-2-3-4-5-6-7-8-9-10-11-12-15-13-17(20)16(18)14-19-15/h15-17,19-20H,2-14,18H2,1H3/t15-,16+,17-/m1/s1. The summed E-state index contributed by atoms with van der Waals surface area (Å²) < 4.78 is 0. The van der Waals surface area contributed by atoms with Crippen LogP contribution >= 0.6 is 0 Å². The highest BCUT2D eigenvalue weighted by Gasteiger charge is 2.25. The van der Waals surface area contributed by atoms with Crippen LogP contribution in [0.15, 0.2) is 0 Å². The van der Waals surface area contributed by atoms with Crippen LogP contribution in [0.25, 0.3) is 0 Å². The molecular formula is C17H36N2O. The Hall–Kier alpha value is -0.120. The summed E-state index contributed by atoms with van der Waals surface area (Å²) in [6.45, 7) is 3.04. The van der Waals surface area contributed by atoms with Crippen molar-refractivity contribution in [3.8, 4) is 0 Å². The molecule has 3 heteroatoms. The summed E-state index contributed by atoms with van der Waals surface area (Å²) in [6, 6.07) is 0.415. The van der Waals surface area contributed by atoms with Crippen molar-refractivity contribution in [1.29, 1.82) is 0 Å². The van der Waals surface area contributed by atoms with Gasteiger partial charge in [-0.15, -0.1) is 0 Å². The Kier molecular flexibility index (Phi) is 10.3. The van der Waals surface area contributed by atoms with Gasteiger partial charge in [0.05, 0.1) is 6.10 Å². The summed E-state index contributed by atoms with van der Waals surface area (Å²) in [5, 5.41) is 13.2. The Morgan fingerprint density at radius 3 is 2.05 bits per heavy atom. The average molecular weight is 284 g/mol. The number of aliphatic hydroxyl groups is 1. The first-order valence-electron chi connectivity index (χ1n) is 8.91. The fraction of sp³-hybridized carbons (Fsp3) is 1.00. The molecule has 1 saturated heterocycles. The van der Waals surface area contributed by atoms with Gasteiger partial charge in [-0.1, -0.05) is 71.1 Å². The highest BCUT2D eigenvalue weighted by molar-refractivity contribution is 4.86. The molecule has 120 valence electrons. The first-order valence-corrected chi connectivity index (χ1v) is 8.91. The molecule has 1 fully saturated rings. The zero-order chi connectivity index (χ0) is 14.6. The van der Waals surface area contributed by atoms with E-state index in [4.69, 9.17) is 5.73 Å². The van der Waals surface area contributed by atoms with Gasteiger partial charge in [-0.2, -0.15) is 0 Å². The molecule has 3 atom stereocenters. The molecule has 4 N–H and O–H groups in total. The van der Waals surface area contributed by atoms with E-state index < -0.39 is 0 Å². The molecule has 0 aromatic rings. The lowest BCUT2D eigenvalue weighted by atomic mass is 9.94. The smallest absolute Gasteiger partial charge is 0.0718 e. The van der Waals surface area contributed by atoms with Crippen LogP contribution in [0.1, 0.15) is 84.0 Å². The summed E-state index contributed by atoms with van der Waals surface area (Å²) in [5.41, 5.74) is 5.78. The zero-order valence-electron chi connectivity index (χ0n) is 13.4. The number of aliphatic hydroxyl groups excluding tert-OH is 1. The largest absolute Gasteiger partial charge is 0.391 e. The summed E-state index contributed by atoms with van der Waals surface area (Å²) in [4.78, 5) is 0. The van der Waals surface area contributed by atoms with Gasteiger partial charge in [0, 0.05) is 18.6 Å². The molecule has 1 aliphatic rings. The SMILES string of the molecule is CCCCCCCCCCCC[C@@H]1C[C@@H](O)[C@@H](N)CN1. The van der Waals surface area contributed by atoms with Gasteiger partial charge in [0.25, 0.3) is 0 Å². The molecule has 0 bridgehead atoms. The van der Waals surface area contributed by atoms with Crippen LogP contribution in [0, 0.1) is 0 Å². The Balaban J connectivity index is 1.83. The van der Waals surface area contributed by atoms with Crippen LogP contribution in [-0.2, 0) is 0 Å². The van der Waals surface area contributed by atoms with Crippen LogP contribution in [0.4, 0.5) is 0 Å². The van der Waals surface area contributed by atoms with Gasteiger partial charge in [0.15, 0.2) is 0 Å². The van der Waals surface area contributed by atoms with Crippen LogP contribution in [-0.4, -0.2) is 29.8 Å². The molecule has 0 unspecified atom stereocenters. The van der Waals surface area contributed by atoms with Crippen molar-refractivity contribution in [3.05, 3.63) is 0 Å². The Labute approximate surface area is 125 Å². The van der Waals surface area contributed by atoms with E-state index in [1.165, 1.54) is 70.6 Å². The molecule has 0 saturated carbocycles. The van der Waals surface area contributed by atoms with Gasteiger partial charge >= 0.3 is 0 Å². The van der Waals surface area contributed by atoms with Crippen molar-refractivity contribution in [2.75, 3.05) is 6.54 Å². The number of nitrogens with one attached hydrogen (secondary N) is 1. The molecule has 0 aromatic carbocycles. The molecule has 0 amide bonds. The summed E-state index contributed by atoms with van der Waals surface area (Å²) >= 11 is 0. The highest BCUT2D eigenvalue weighted by atomic mass is 16.3.